The average Bonchev–Trinajstić information content (AvgIpc) is 3.32. The predicted octanol–water partition coefficient (Wildman–Crippen LogP) is 5.44. The molecular weight excluding hydrogens is 605 g/mol. The molecule has 0 saturated carbocycles. The largest absolute Gasteiger partial charge is 0.471 e. The first kappa shape index (κ1) is 31.7. The molecule has 1 aromatic heterocycles. The van der Waals surface area contributed by atoms with Crippen LogP contribution in [0, 0.1) is 23.0 Å². The first-order valence-electron chi connectivity index (χ1n) is 14.0. The van der Waals surface area contributed by atoms with E-state index < -0.39 is 63.9 Å². The van der Waals surface area contributed by atoms with E-state index in [-0.39, 0.29) is 55.5 Å². The molecule has 238 valence electrons. The molecule has 45 heavy (non-hydrogen) atoms. The van der Waals surface area contributed by atoms with Gasteiger partial charge in [-0.2, -0.15) is 18.4 Å². The number of hydrogen-bond donors (Lipinski definition) is 0. The van der Waals surface area contributed by atoms with Gasteiger partial charge in [-0.3, -0.25) is 14.2 Å². The van der Waals surface area contributed by atoms with Crippen molar-refractivity contribution < 1.29 is 41.0 Å². The lowest BCUT2D eigenvalue weighted by molar-refractivity contribution is -0.187. The molecule has 3 heterocycles. The highest BCUT2D eigenvalue weighted by atomic mass is 19.4. The van der Waals surface area contributed by atoms with Gasteiger partial charge in [0.1, 0.15) is 28.8 Å². The minimum atomic E-state index is -5.03. The number of nitriles is 1. The van der Waals surface area contributed by atoms with Crippen molar-refractivity contribution in [3.8, 4) is 17.6 Å². The topological polar surface area (TPSA) is 118 Å². The lowest BCUT2D eigenvalue weighted by Crippen LogP contribution is -2.57. The number of piperidine rings is 1. The highest BCUT2D eigenvalue weighted by Gasteiger charge is 2.53. The van der Waals surface area contributed by atoms with Gasteiger partial charge < -0.3 is 19.3 Å². The third-order valence-corrected chi connectivity index (χ3v) is 7.96. The molecular formula is C30H28F5N5O5. The van der Waals surface area contributed by atoms with Gasteiger partial charge in [0.15, 0.2) is 11.6 Å². The number of rotatable bonds is 3. The van der Waals surface area contributed by atoms with Gasteiger partial charge in [0, 0.05) is 19.6 Å². The summed E-state index contributed by atoms with van der Waals surface area (Å²) in [6.45, 7) is 4.48. The minimum Gasteiger partial charge on any atom is -0.453 e. The Labute approximate surface area is 253 Å². The molecule has 15 heteroatoms. The van der Waals surface area contributed by atoms with Crippen molar-refractivity contribution in [3.05, 3.63) is 64.2 Å². The lowest BCUT2D eigenvalue weighted by atomic mass is 9.84. The van der Waals surface area contributed by atoms with E-state index in [0.29, 0.717) is 4.90 Å². The molecule has 2 aliphatic rings. The Morgan fingerprint density at radius 2 is 1.73 bits per heavy atom. The summed E-state index contributed by atoms with van der Waals surface area (Å²) in [6, 6.07) is 6.55. The number of alkyl halides is 3. The van der Waals surface area contributed by atoms with Crippen molar-refractivity contribution in [1.82, 2.24) is 19.4 Å². The summed E-state index contributed by atoms with van der Waals surface area (Å²) in [5, 5.41) is 9.32. The molecule has 0 unspecified atom stereocenters. The maximum atomic E-state index is 14.4. The summed E-state index contributed by atoms with van der Waals surface area (Å²) < 4.78 is 80.2. The molecule has 3 aromatic rings. The van der Waals surface area contributed by atoms with Crippen molar-refractivity contribution in [2.24, 2.45) is 0 Å². The first-order valence-corrected chi connectivity index (χ1v) is 14.0. The molecule has 0 aliphatic carbocycles. The predicted molar refractivity (Wildman–Crippen MR) is 148 cm³/mol. The van der Waals surface area contributed by atoms with Crippen LogP contribution in [0.25, 0.3) is 10.9 Å². The Hall–Kier alpha value is -4.74. The zero-order valence-corrected chi connectivity index (χ0v) is 24.5. The monoisotopic (exact) mass is 633 g/mol. The van der Waals surface area contributed by atoms with Gasteiger partial charge in [0.2, 0.25) is 0 Å². The zero-order chi connectivity index (χ0) is 32.9. The SMILES string of the molecule is CC(C)(C)OC(=O)N1C[C@H](n2cnc3ccc(Oc4c(F)ccc(F)c4C#N)cc3c2=O)CC12CCN(C(=O)C(F)(F)F)CC2. The third-order valence-electron chi connectivity index (χ3n) is 7.96. The Balaban J connectivity index is 1.48. The van der Waals surface area contributed by atoms with E-state index in [1.165, 1.54) is 34.0 Å². The summed E-state index contributed by atoms with van der Waals surface area (Å²) in [4.78, 5) is 45.4. The van der Waals surface area contributed by atoms with Crippen LogP contribution in [-0.2, 0) is 9.53 Å². The van der Waals surface area contributed by atoms with Gasteiger partial charge >= 0.3 is 18.2 Å². The molecule has 1 atom stereocenters. The van der Waals surface area contributed by atoms with Crippen molar-refractivity contribution >= 4 is 22.9 Å². The first-order chi connectivity index (χ1) is 21.0. The maximum Gasteiger partial charge on any atom is 0.471 e. The Morgan fingerprint density at radius 3 is 2.36 bits per heavy atom. The van der Waals surface area contributed by atoms with Crippen LogP contribution < -0.4 is 10.3 Å². The molecule has 5 rings (SSSR count). The molecule has 2 aliphatic heterocycles. The summed E-state index contributed by atoms with van der Waals surface area (Å²) in [6.07, 6.45) is -4.22. The van der Waals surface area contributed by atoms with E-state index in [9.17, 15) is 41.6 Å². The fourth-order valence-electron chi connectivity index (χ4n) is 5.86. The quantitative estimate of drug-likeness (QED) is 0.353. The van der Waals surface area contributed by atoms with Crippen molar-refractivity contribution in [3.63, 3.8) is 0 Å². The normalized spacial score (nSPS) is 18.2. The molecule has 0 bridgehead atoms. The number of carbonyl (C=O) groups excluding carboxylic acids is 2. The van der Waals surface area contributed by atoms with Crippen LogP contribution >= 0.6 is 0 Å². The van der Waals surface area contributed by atoms with Crippen LogP contribution in [0.1, 0.15) is 51.6 Å². The van der Waals surface area contributed by atoms with E-state index in [4.69, 9.17) is 9.47 Å². The second-order valence-electron chi connectivity index (χ2n) is 12.0. The second-order valence-corrected chi connectivity index (χ2v) is 12.0. The number of halogens is 5. The standard InChI is InChI=1S/C30H28F5N5O5/c1-28(2,3)45-27(43)40-15-17(13-29(40)8-10-38(11-9-29)26(42)30(33,34)35)39-16-37-23-7-4-18(12-19(23)25(39)41)44-24-20(14-36)21(31)5-6-22(24)32/h4-7,12,16-17H,8-11,13,15H2,1-3H3/t17-/m1/s1. The van der Waals surface area contributed by atoms with E-state index in [1.54, 1.807) is 26.8 Å². The molecule has 1 spiro atoms. The van der Waals surface area contributed by atoms with E-state index in [1.807, 2.05) is 0 Å². The molecule has 2 fully saturated rings. The van der Waals surface area contributed by atoms with Crippen molar-refractivity contribution in [2.75, 3.05) is 19.6 Å². The second kappa shape index (κ2) is 11.3. The van der Waals surface area contributed by atoms with Gasteiger partial charge in [0.05, 0.1) is 28.8 Å². The van der Waals surface area contributed by atoms with Gasteiger partial charge in [-0.05, 0) is 70.4 Å². The van der Waals surface area contributed by atoms with Gasteiger partial charge in [-0.15, -0.1) is 0 Å². The fourth-order valence-corrected chi connectivity index (χ4v) is 5.86. The number of amides is 2. The smallest absolute Gasteiger partial charge is 0.453 e. The molecule has 2 amide bonds. The molecule has 2 saturated heterocycles. The van der Waals surface area contributed by atoms with Gasteiger partial charge in [-0.25, -0.2) is 18.6 Å². The molecule has 2 aromatic carbocycles. The Morgan fingerprint density at radius 1 is 1.07 bits per heavy atom. The summed E-state index contributed by atoms with van der Waals surface area (Å²) in [5.41, 5.74) is -2.84. The Kier molecular flexibility index (Phi) is 7.97. The van der Waals surface area contributed by atoms with Gasteiger partial charge in [-0.1, -0.05) is 0 Å². The number of nitrogens with zero attached hydrogens (tertiary/aromatic N) is 5. The van der Waals surface area contributed by atoms with Crippen LogP contribution in [0.3, 0.4) is 0 Å². The van der Waals surface area contributed by atoms with Crippen LogP contribution in [0.2, 0.25) is 0 Å². The highest BCUT2D eigenvalue weighted by Crippen LogP contribution is 2.44. The highest BCUT2D eigenvalue weighted by molar-refractivity contribution is 5.82. The van der Waals surface area contributed by atoms with Crippen molar-refractivity contribution in [1.29, 1.82) is 5.26 Å². The molecule has 0 radical (unpaired) electrons. The fraction of sp³-hybridized carbons (Fsp3) is 0.433. The lowest BCUT2D eigenvalue weighted by Gasteiger charge is -2.44. The summed E-state index contributed by atoms with van der Waals surface area (Å²) >= 11 is 0. The number of benzene rings is 2. The summed E-state index contributed by atoms with van der Waals surface area (Å²) in [7, 11) is 0. The van der Waals surface area contributed by atoms with E-state index >= 15 is 0 Å². The number of fused-ring (bicyclic) bond motifs is 1. The number of carbonyl (C=O) groups is 2. The summed E-state index contributed by atoms with van der Waals surface area (Å²) in [5.74, 6) is -4.65. The number of hydrogen-bond acceptors (Lipinski definition) is 7. The number of likely N-dealkylation sites (tertiary alicyclic amines) is 2. The van der Waals surface area contributed by atoms with Crippen LogP contribution in [0.4, 0.5) is 26.7 Å². The molecule has 0 N–H and O–H groups in total. The van der Waals surface area contributed by atoms with Crippen molar-refractivity contribution in [2.45, 2.75) is 63.4 Å². The number of ether oxygens (including phenoxy) is 2. The third kappa shape index (κ3) is 6.13. The average molecular weight is 634 g/mol. The number of aromatic nitrogens is 2. The van der Waals surface area contributed by atoms with Crippen LogP contribution in [-0.4, -0.2) is 68.3 Å². The van der Waals surface area contributed by atoms with Gasteiger partial charge in [0.25, 0.3) is 5.56 Å². The zero-order valence-electron chi connectivity index (χ0n) is 24.5. The Bertz CT molecular complexity index is 1770. The maximum absolute atomic E-state index is 14.4. The van der Waals surface area contributed by atoms with E-state index in [2.05, 4.69) is 4.98 Å². The minimum absolute atomic E-state index is 0.0224. The van der Waals surface area contributed by atoms with Crippen LogP contribution in [0.5, 0.6) is 11.5 Å². The molecule has 10 nitrogen and oxygen atoms in total. The van der Waals surface area contributed by atoms with Crippen LogP contribution in [0.15, 0.2) is 41.5 Å². The van der Waals surface area contributed by atoms with E-state index in [0.717, 1.165) is 12.1 Å².